The highest BCUT2D eigenvalue weighted by atomic mass is 32.2. The molecule has 29 heavy (non-hydrogen) atoms. The molecule has 0 aliphatic carbocycles. The Bertz CT molecular complexity index is 1280. The largest absolute Gasteiger partial charge is 0.301 e. The first-order valence-corrected chi connectivity index (χ1v) is 12.3. The number of aryl methyl sites for hydroxylation is 1. The first kappa shape index (κ1) is 21.4. The van der Waals surface area contributed by atoms with Crippen molar-refractivity contribution < 1.29 is 21.6 Å². The average Bonchev–Trinajstić information content (AvgIpc) is 3.02. The predicted molar refractivity (Wildman–Crippen MR) is 112 cm³/mol. The van der Waals surface area contributed by atoms with E-state index in [1.807, 2.05) is 6.92 Å². The first-order valence-electron chi connectivity index (χ1n) is 8.41. The molecule has 0 aliphatic heterocycles. The number of hydrogen-bond donors (Lipinski definition) is 1. The summed E-state index contributed by atoms with van der Waals surface area (Å²) >= 11 is 1.07. The minimum absolute atomic E-state index is 0.0704. The molecule has 0 saturated carbocycles. The summed E-state index contributed by atoms with van der Waals surface area (Å²) in [6.07, 6.45) is 0. The second-order valence-corrected chi connectivity index (χ2v) is 11.7. The fourth-order valence-corrected chi connectivity index (χ4v) is 5.55. The molecule has 0 radical (unpaired) electrons. The molecule has 0 bridgehead atoms. The number of nitrogens with one attached hydrogen (secondary N) is 1. The third kappa shape index (κ3) is 4.64. The maximum Gasteiger partial charge on any atom is 0.242 e. The summed E-state index contributed by atoms with van der Waals surface area (Å²) < 4.78 is 50.9. The van der Waals surface area contributed by atoms with Crippen molar-refractivity contribution in [2.45, 2.75) is 16.7 Å². The van der Waals surface area contributed by atoms with E-state index in [0.717, 1.165) is 21.2 Å². The summed E-state index contributed by atoms with van der Waals surface area (Å²) in [7, 11) is -4.50. The van der Waals surface area contributed by atoms with Crippen LogP contribution in [0.15, 0.2) is 52.3 Å². The van der Waals surface area contributed by atoms with E-state index in [9.17, 15) is 21.6 Å². The van der Waals surface area contributed by atoms with Gasteiger partial charge in [-0.2, -0.15) is 0 Å². The van der Waals surface area contributed by atoms with Gasteiger partial charge in [-0.3, -0.25) is 4.79 Å². The molecule has 0 unspecified atom stereocenters. The lowest BCUT2D eigenvalue weighted by Gasteiger charge is -2.10. The Labute approximate surface area is 173 Å². The molecule has 154 valence electrons. The van der Waals surface area contributed by atoms with Gasteiger partial charge in [0.2, 0.25) is 15.9 Å². The molecule has 1 aromatic heterocycles. The lowest BCUT2D eigenvalue weighted by atomic mass is 10.2. The van der Waals surface area contributed by atoms with Crippen molar-refractivity contribution in [3.8, 4) is 0 Å². The van der Waals surface area contributed by atoms with Gasteiger partial charge in [0.05, 0.1) is 20.0 Å². The summed E-state index contributed by atoms with van der Waals surface area (Å²) in [5.74, 6) is -1.43. The van der Waals surface area contributed by atoms with Crippen LogP contribution in [0.2, 0.25) is 0 Å². The molecule has 0 spiro atoms. The van der Waals surface area contributed by atoms with Gasteiger partial charge in [-0.15, -0.1) is 0 Å². The third-order valence-corrected chi connectivity index (χ3v) is 8.46. The van der Waals surface area contributed by atoms with Crippen molar-refractivity contribution in [3.05, 3.63) is 48.0 Å². The van der Waals surface area contributed by atoms with E-state index in [4.69, 9.17) is 0 Å². The number of fused-ring (bicyclic) bond motifs is 1. The van der Waals surface area contributed by atoms with Crippen LogP contribution in [-0.2, 0) is 24.7 Å². The Hall–Kier alpha value is -2.34. The minimum Gasteiger partial charge on any atom is -0.301 e. The van der Waals surface area contributed by atoms with E-state index in [0.29, 0.717) is 10.2 Å². The predicted octanol–water partition coefficient (Wildman–Crippen LogP) is 2.27. The lowest BCUT2D eigenvalue weighted by molar-refractivity contribution is -0.113. The molecule has 2 aromatic carbocycles. The minimum atomic E-state index is -3.78. The van der Waals surface area contributed by atoms with Gasteiger partial charge in [-0.25, -0.2) is 26.1 Å². The molecule has 0 saturated heterocycles. The van der Waals surface area contributed by atoms with E-state index in [2.05, 4.69) is 10.3 Å². The van der Waals surface area contributed by atoms with Gasteiger partial charge in [0.25, 0.3) is 0 Å². The molecule has 11 heteroatoms. The normalized spacial score (nSPS) is 12.4. The van der Waals surface area contributed by atoms with E-state index in [1.54, 1.807) is 18.2 Å². The van der Waals surface area contributed by atoms with Gasteiger partial charge in [0.1, 0.15) is 5.75 Å². The van der Waals surface area contributed by atoms with Crippen molar-refractivity contribution in [1.82, 2.24) is 9.29 Å². The number of anilines is 1. The Morgan fingerprint density at radius 2 is 1.66 bits per heavy atom. The number of sulfone groups is 1. The molecule has 8 nitrogen and oxygen atoms in total. The van der Waals surface area contributed by atoms with Crippen molar-refractivity contribution in [2.24, 2.45) is 0 Å². The van der Waals surface area contributed by atoms with Crippen molar-refractivity contribution in [2.75, 3.05) is 25.2 Å². The maximum atomic E-state index is 12.4. The van der Waals surface area contributed by atoms with Crippen molar-refractivity contribution in [3.63, 3.8) is 0 Å². The van der Waals surface area contributed by atoms with Gasteiger partial charge in [-0.1, -0.05) is 29.0 Å². The van der Waals surface area contributed by atoms with Crippen LogP contribution in [0.1, 0.15) is 5.56 Å². The number of hydrogen-bond acceptors (Lipinski definition) is 7. The molecule has 1 N–H and O–H groups in total. The highest BCUT2D eigenvalue weighted by Crippen LogP contribution is 2.29. The van der Waals surface area contributed by atoms with Gasteiger partial charge in [0.15, 0.2) is 15.0 Å². The van der Waals surface area contributed by atoms with Crippen LogP contribution in [0.5, 0.6) is 0 Å². The van der Waals surface area contributed by atoms with Crippen LogP contribution >= 0.6 is 11.3 Å². The van der Waals surface area contributed by atoms with Gasteiger partial charge in [-0.05, 0) is 37.3 Å². The van der Waals surface area contributed by atoms with Crippen LogP contribution in [0.3, 0.4) is 0 Å². The number of sulfonamides is 1. The van der Waals surface area contributed by atoms with E-state index in [1.165, 1.54) is 38.4 Å². The van der Waals surface area contributed by atoms with E-state index >= 15 is 0 Å². The molecule has 0 fully saturated rings. The van der Waals surface area contributed by atoms with Crippen LogP contribution in [0, 0.1) is 6.92 Å². The zero-order chi connectivity index (χ0) is 21.4. The monoisotopic (exact) mass is 453 g/mol. The standard InChI is InChI=1S/C18H19N3O5S3/c1-12-4-6-13(7-5-12)28(23,24)11-17(22)20-18-19-15-9-8-14(10-16(15)27-18)29(25,26)21(2)3/h4-10H,11H2,1-3H3,(H,19,20,22). The zero-order valence-corrected chi connectivity index (χ0v) is 18.4. The van der Waals surface area contributed by atoms with Gasteiger partial charge in [0, 0.05) is 14.1 Å². The fraction of sp³-hybridized carbons (Fsp3) is 0.222. The summed E-state index contributed by atoms with van der Waals surface area (Å²) in [6.45, 7) is 1.84. The number of thiazole rings is 1. The summed E-state index contributed by atoms with van der Waals surface area (Å²) in [6, 6.07) is 10.7. The second kappa shape index (κ2) is 7.82. The SMILES string of the molecule is Cc1ccc(S(=O)(=O)CC(=O)Nc2nc3ccc(S(=O)(=O)N(C)C)cc3s2)cc1. The van der Waals surface area contributed by atoms with Crippen LogP contribution in [0.25, 0.3) is 10.2 Å². The Balaban J connectivity index is 1.79. The Kier molecular flexibility index (Phi) is 5.77. The number of carbonyl (C=O) groups is 1. The van der Waals surface area contributed by atoms with Crippen molar-refractivity contribution in [1.29, 1.82) is 0 Å². The number of nitrogens with zero attached hydrogens (tertiary/aromatic N) is 2. The molecular formula is C18H19N3O5S3. The smallest absolute Gasteiger partial charge is 0.242 e. The van der Waals surface area contributed by atoms with Crippen molar-refractivity contribution >= 4 is 52.5 Å². The fourth-order valence-electron chi connectivity index (χ4n) is 2.49. The highest BCUT2D eigenvalue weighted by molar-refractivity contribution is 7.92. The lowest BCUT2D eigenvalue weighted by Crippen LogP contribution is -2.22. The second-order valence-electron chi connectivity index (χ2n) is 6.56. The molecule has 3 aromatic rings. The summed E-state index contributed by atoms with van der Waals surface area (Å²) in [5.41, 5.74) is 1.42. The third-order valence-electron chi connectivity index (χ3n) is 4.09. The number of aromatic nitrogens is 1. The Morgan fingerprint density at radius 3 is 2.28 bits per heavy atom. The number of amides is 1. The van der Waals surface area contributed by atoms with Gasteiger partial charge < -0.3 is 5.32 Å². The molecule has 3 rings (SSSR count). The topological polar surface area (TPSA) is 114 Å². The Morgan fingerprint density at radius 1 is 1.03 bits per heavy atom. The van der Waals surface area contributed by atoms with Crippen LogP contribution in [0.4, 0.5) is 5.13 Å². The number of benzene rings is 2. The van der Waals surface area contributed by atoms with Gasteiger partial charge >= 0.3 is 0 Å². The molecule has 0 aliphatic rings. The average molecular weight is 454 g/mol. The first-order chi connectivity index (χ1) is 13.5. The molecule has 1 amide bonds. The van der Waals surface area contributed by atoms with Crippen LogP contribution in [-0.4, -0.2) is 51.9 Å². The molecular weight excluding hydrogens is 434 g/mol. The van der Waals surface area contributed by atoms with E-state index in [-0.39, 0.29) is 14.9 Å². The maximum absolute atomic E-state index is 12.4. The summed E-state index contributed by atoms with van der Waals surface area (Å²) in [5, 5.41) is 2.68. The number of rotatable bonds is 6. The molecule has 0 atom stereocenters. The van der Waals surface area contributed by atoms with Crippen LogP contribution < -0.4 is 5.32 Å². The molecule has 1 heterocycles. The quantitative estimate of drug-likeness (QED) is 0.612. The highest BCUT2D eigenvalue weighted by Gasteiger charge is 2.21. The number of carbonyl (C=O) groups excluding carboxylic acids is 1. The zero-order valence-electron chi connectivity index (χ0n) is 15.9. The van der Waals surface area contributed by atoms with E-state index < -0.39 is 31.5 Å². The summed E-state index contributed by atoms with van der Waals surface area (Å²) in [4.78, 5) is 16.6.